The van der Waals surface area contributed by atoms with Gasteiger partial charge in [-0.2, -0.15) is 18.4 Å². The van der Waals surface area contributed by atoms with Gasteiger partial charge in [-0.25, -0.2) is 0 Å². The van der Waals surface area contributed by atoms with E-state index in [1.54, 1.807) is 6.07 Å². The van der Waals surface area contributed by atoms with E-state index in [-0.39, 0.29) is 22.8 Å². The van der Waals surface area contributed by atoms with Gasteiger partial charge in [-0.05, 0) is 17.7 Å². The van der Waals surface area contributed by atoms with Crippen LogP contribution >= 0.6 is 11.6 Å². The summed E-state index contributed by atoms with van der Waals surface area (Å²) in [4.78, 5) is 0. The average molecular weight is 250 g/mol. The molecular weight excluding hydrogens is 243 g/mol. The van der Waals surface area contributed by atoms with E-state index in [0.717, 1.165) is 12.1 Å². The molecule has 0 saturated heterocycles. The minimum atomic E-state index is -4.52. The van der Waals surface area contributed by atoms with Crippen LogP contribution in [0.1, 0.15) is 11.1 Å². The van der Waals surface area contributed by atoms with Crippen LogP contribution in [0.15, 0.2) is 12.1 Å². The van der Waals surface area contributed by atoms with Crippen molar-refractivity contribution >= 4 is 11.6 Å². The maximum Gasteiger partial charge on any atom is 0.416 e. The molecule has 0 saturated carbocycles. The topological polar surface area (TPSA) is 33.0 Å². The SMILES string of the molecule is COc1cc(C(F)(F)F)c(CC#N)cc1Cl. The molecule has 6 heteroatoms. The van der Waals surface area contributed by atoms with Crippen molar-refractivity contribution in [3.63, 3.8) is 0 Å². The van der Waals surface area contributed by atoms with Gasteiger partial charge in [0.2, 0.25) is 0 Å². The number of halogens is 4. The summed E-state index contributed by atoms with van der Waals surface area (Å²) < 4.78 is 42.5. The molecule has 0 heterocycles. The maximum absolute atomic E-state index is 12.6. The minimum Gasteiger partial charge on any atom is -0.495 e. The zero-order chi connectivity index (χ0) is 12.3. The third kappa shape index (κ3) is 2.58. The van der Waals surface area contributed by atoms with Crippen molar-refractivity contribution in [1.29, 1.82) is 5.26 Å². The number of nitrogens with zero attached hydrogens (tertiary/aromatic N) is 1. The first kappa shape index (κ1) is 12.7. The van der Waals surface area contributed by atoms with E-state index in [1.807, 2.05) is 0 Å². The largest absolute Gasteiger partial charge is 0.495 e. The van der Waals surface area contributed by atoms with Gasteiger partial charge in [-0.15, -0.1) is 0 Å². The first-order valence-electron chi connectivity index (χ1n) is 4.20. The van der Waals surface area contributed by atoms with Gasteiger partial charge >= 0.3 is 6.18 Å². The van der Waals surface area contributed by atoms with Crippen LogP contribution < -0.4 is 4.74 Å². The van der Waals surface area contributed by atoms with Gasteiger partial charge in [0.1, 0.15) is 5.75 Å². The summed E-state index contributed by atoms with van der Waals surface area (Å²) >= 11 is 5.69. The first-order chi connectivity index (χ1) is 7.40. The van der Waals surface area contributed by atoms with Crippen LogP contribution in [0.25, 0.3) is 0 Å². The fraction of sp³-hybridized carbons (Fsp3) is 0.300. The van der Waals surface area contributed by atoms with Crippen LogP contribution in [-0.2, 0) is 12.6 Å². The highest BCUT2D eigenvalue weighted by Crippen LogP contribution is 2.37. The second-order valence-electron chi connectivity index (χ2n) is 2.98. The Kier molecular flexibility index (Phi) is 3.66. The lowest BCUT2D eigenvalue weighted by molar-refractivity contribution is -0.138. The normalized spacial score (nSPS) is 11.0. The molecule has 0 N–H and O–H groups in total. The lowest BCUT2D eigenvalue weighted by atomic mass is 10.0. The molecule has 0 bridgehead atoms. The Labute approximate surface area is 95.2 Å². The Bertz CT molecular complexity index is 437. The summed E-state index contributed by atoms with van der Waals surface area (Å²) in [7, 11) is 1.23. The van der Waals surface area contributed by atoms with E-state index in [1.165, 1.54) is 7.11 Å². The number of alkyl halides is 3. The number of ether oxygens (including phenoxy) is 1. The molecule has 0 aliphatic carbocycles. The summed E-state index contributed by atoms with van der Waals surface area (Å²) in [6.07, 6.45) is -4.87. The molecule has 0 aromatic heterocycles. The van der Waals surface area contributed by atoms with Crippen molar-refractivity contribution in [2.24, 2.45) is 0 Å². The predicted octanol–water partition coefficient (Wildman–Crippen LogP) is 3.43. The average Bonchev–Trinajstić information content (AvgIpc) is 2.16. The van der Waals surface area contributed by atoms with Gasteiger partial charge in [-0.1, -0.05) is 11.6 Å². The van der Waals surface area contributed by atoms with Gasteiger partial charge in [-0.3, -0.25) is 0 Å². The molecular formula is C10H7ClF3NO. The monoisotopic (exact) mass is 249 g/mol. The van der Waals surface area contributed by atoms with Crippen LogP contribution in [0.3, 0.4) is 0 Å². The molecule has 16 heavy (non-hydrogen) atoms. The molecule has 2 nitrogen and oxygen atoms in total. The highest BCUT2D eigenvalue weighted by molar-refractivity contribution is 6.32. The number of hydrogen-bond donors (Lipinski definition) is 0. The van der Waals surface area contributed by atoms with E-state index in [2.05, 4.69) is 0 Å². The van der Waals surface area contributed by atoms with Gasteiger partial charge in [0.25, 0.3) is 0 Å². The Balaban J connectivity index is 3.38. The fourth-order valence-corrected chi connectivity index (χ4v) is 1.51. The van der Waals surface area contributed by atoms with Crippen molar-refractivity contribution in [2.75, 3.05) is 7.11 Å². The van der Waals surface area contributed by atoms with Crippen LogP contribution in [0.2, 0.25) is 5.02 Å². The highest BCUT2D eigenvalue weighted by Gasteiger charge is 2.34. The van der Waals surface area contributed by atoms with E-state index in [4.69, 9.17) is 21.6 Å². The van der Waals surface area contributed by atoms with Crippen LogP contribution in [0.4, 0.5) is 13.2 Å². The molecule has 1 aromatic carbocycles. The number of rotatable bonds is 2. The predicted molar refractivity (Wildman–Crippen MR) is 52.3 cm³/mol. The lowest BCUT2D eigenvalue weighted by Crippen LogP contribution is -2.09. The maximum atomic E-state index is 12.6. The van der Waals surface area contributed by atoms with E-state index < -0.39 is 11.7 Å². The van der Waals surface area contributed by atoms with Crippen LogP contribution in [0.5, 0.6) is 5.75 Å². The first-order valence-corrected chi connectivity index (χ1v) is 4.58. The molecule has 1 rings (SSSR count). The second kappa shape index (κ2) is 4.62. The summed E-state index contributed by atoms with van der Waals surface area (Å²) in [5, 5.41) is 8.49. The quantitative estimate of drug-likeness (QED) is 0.804. The van der Waals surface area contributed by atoms with Crippen molar-refractivity contribution < 1.29 is 17.9 Å². The molecule has 0 aliphatic rings. The van der Waals surface area contributed by atoms with Crippen molar-refractivity contribution in [1.82, 2.24) is 0 Å². The number of nitriles is 1. The lowest BCUT2D eigenvalue weighted by Gasteiger charge is -2.13. The minimum absolute atomic E-state index is 0.0563. The molecule has 86 valence electrons. The van der Waals surface area contributed by atoms with Crippen molar-refractivity contribution in [2.45, 2.75) is 12.6 Å². The zero-order valence-electron chi connectivity index (χ0n) is 8.23. The number of methoxy groups -OCH3 is 1. The fourth-order valence-electron chi connectivity index (χ4n) is 1.25. The third-order valence-electron chi connectivity index (χ3n) is 1.95. The standard InChI is InChI=1S/C10H7ClF3NO/c1-16-9-5-7(10(12,13)14)6(2-3-15)4-8(9)11/h4-5H,2H2,1H3. The highest BCUT2D eigenvalue weighted by atomic mass is 35.5. The van der Waals surface area contributed by atoms with Crippen molar-refractivity contribution in [3.8, 4) is 11.8 Å². The van der Waals surface area contributed by atoms with E-state index in [0.29, 0.717) is 0 Å². The van der Waals surface area contributed by atoms with E-state index in [9.17, 15) is 13.2 Å². The molecule has 0 radical (unpaired) electrons. The molecule has 0 fully saturated rings. The second-order valence-corrected chi connectivity index (χ2v) is 3.38. The molecule has 0 spiro atoms. The summed E-state index contributed by atoms with van der Waals surface area (Å²) in [6, 6.07) is 3.57. The van der Waals surface area contributed by atoms with Gasteiger partial charge in [0.05, 0.1) is 30.2 Å². The molecule has 0 atom stereocenters. The zero-order valence-corrected chi connectivity index (χ0v) is 8.99. The smallest absolute Gasteiger partial charge is 0.416 e. The Morgan fingerprint density at radius 2 is 2.06 bits per heavy atom. The van der Waals surface area contributed by atoms with Gasteiger partial charge < -0.3 is 4.74 Å². The van der Waals surface area contributed by atoms with Crippen molar-refractivity contribution in [3.05, 3.63) is 28.3 Å². The third-order valence-corrected chi connectivity index (χ3v) is 2.25. The molecule has 1 aromatic rings. The molecule has 0 aliphatic heterocycles. The van der Waals surface area contributed by atoms with Gasteiger partial charge in [0.15, 0.2) is 0 Å². The van der Waals surface area contributed by atoms with Crippen LogP contribution in [-0.4, -0.2) is 7.11 Å². The summed E-state index contributed by atoms with van der Waals surface area (Å²) in [6.45, 7) is 0. The number of benzene rings is 1. The Hall–Kier alpha value is -1.41. The molecule has 0 amide bonds. The summed E-state index contributed by atoms with van der Waals surface area (Å²) in [5.41, 5.74) is -1.05. The number of hydrogen-bond acceptors (Lipinski definition) is 2. The Morgan fingerprint density at radius 3 is 2.50 bits per heavy atom. The van der Waals surface area contributed by atoms with E-state index >= 15 is 0 Å². The van der Waals surface area contributed by atoms with Gasteiger partial charge in [0, 0.05) is 0 Å². The van der Waals surface area contributed by atoms with Crippen LogP contribution in [0, 0.1) is 11.3 Å². The molecule has 0 unspecified atom stereocenters. The summed E-state index contributed by atoms with van der Waals surface area (Å²) in [5.74, 6) is -0.0596. The Morgan fingerprint density at radius 1 is 1.44 bits per heavy atom.